The first-order valence-electron chi connectivity index (χ1n) is 5.87. The Bertz CT molecular complexity index is 423. The van der Waals surface area contributed by atoms with Gasteiger partial charge in [0.1, 0.15) is 4.90 Å². The monoisotopic (exact) mass is 258 g/mol. The summed E-state index contributed by atoms with van der Waals surface area (Å²) >= 11 is 0. The highest BCUT2D eigenvalue weighted by Gasteiger charge is 2.17. The highest BCUT2D eigenvalue weighted by molar-refractivity contribution is 7.89. The van der Waals surface area contributed by atoms with Crippen LogP contribution >= 0.6 is 0 Å². The number of H-pyrrole nitrogens is 1. The van der Waals surface area contributed by atoms with Crippen LogP contribution in [-0.4, -0.2) is 38.2 Å². The van der Waals surface area contributed by atoms with E-state index in [0.717, 1.165) is 19.5 Å². The number of hydrogen-bond donors (Lipinski definition) is 3. The van der Waals surface area contributed by atoms with E-state index in [-0.39, 0.29) is 4.90 Å². The van der Waals surface area contributed by atoms with E-state index in [9.17, 15) is 8.42 Å². The van der Waals surface area contributed by atoms with Crippen LogP contribution in [0.4, 0.5) is 0 Å². The fourth-order valence-electron chi connectivity index (χ4n) is 2.04. The van der Waals surface area contributed by atoms with Crippen molar-refractivity contribution < 1.29 is 8.42 Å². The molecule has 1 aliphatic rings. The van der Waals surface area contributed by atoms with Crippen molar-refractivity contribution in [2.45, 2.75) is 24.2 Å². The molecule has 7 heteroatoms. The van der Waals surface area contributed by atoms with Crippen LogP contribution in [0.5, 0.6) is 0 Å². The van der Waals surface area contributed by atoms with Gasteiger partial charge in [-0.25, -0.2) is 13.1 Å². The largest absolute Gasteiger partial charge is 0.316 e. The average molecular weight is 258 g/mol. The SMILES string of the molecule is O=S(=O)(NCCC1CCCNC1)c1cn[nH]c1. The fraction of sp³-hybridized carbons (Fsp3) is 0.700. The van der Waals surface area contributed by atoms with Crippen molar-refractivity contribution in [2.24, 2.45) is 5.92 Å². The zero-order chi connectivity index (χ0) is 12.1. The number of sulfonamides is 1. The van der Waals surface area contributed by atoms with Crippen molar-refractivity contribution in [3.05, 3.63) is 12.4 Å². The maximum atomic E-state index is 11.7. The smallest absolute Gasteiger partial charge is 0.243 e. The van der Waals surface area contributed by atoms with E-state index >= 15 is 0 Å². The second-order valence-corrected chi connectivity index (χ2v) is 6.10. The van der Waals surface area contributed by atoms with Gasteiger partial charge < -0.3 is 5.32 Å². The lowest BCUT2D eigenvalue weighted by Crippen LogP contribution is -2.33. The Morgan fingerprint density at radius 2 is 2.41 bits per heavy atom. The van der Waals surface area contributed by atoms with E-state index in [0.29, 0.717) is 12.5 Å². The normalized spacial score (nSPS) is 21.5. The fourth-order valence-corrected chi connectivity index (χ4v) is 2.99. The minimum Gasteiger partial charge on any atom is -0.316 e. The van der Waals surface area contributed by atoms with Gasteiger partial charge in [0.05, 0.1) is 6.20 Å². The first-order valence-corrected chi connectivity index (χ1v) is 7.36. The van der Waals surface area contributed by atoms with Gasteiger partial charge in [0, 0.05) is 12.7 Å². The second-order valence-electron chi connectivity index (χ2n) is 4.33. The van der Waals surface area contributed by atoms with Crippen molar-refractivity contribution >= 4 is 10.0 Å². The molecule has 3 N–H and O–H groups in total. The lowest BCUT2D eigenvalue weighted by atomic mass is 9.96. The van der Waals surface area contributed by atoms with E-state index in [1.165, 1.54) is 25.2 Å². The van der Waals surface area contributed by atoms with Gasteiger partial charge in [0.2, 0.25) is 10.0 Å². The van der Waals surface area contributed by atoms with Crippen molar-refractivity contribution in [1.29, 1.82) is 0 Å². The van der Waals surface area contributed by atoms with E-state index in [1.807, 2.05) is 0 Å². The molecule has 96 valence electrons. The van der Waals surface area contributed by atoms with Crippen LogP contribution in [-0.2, 0) is 10.0 Å². The van der Waals surface area contributed by atoms with Crippen LogP contribution < -0.4 is 10.0 Å². The summed E-state index contributed by atoms with van der Waals surface area (Å²) in [5.41, 5.74) is 0. The Labute approximate surface area is 101 Å². The summed E-state index contributed by atoms with van der Waals surface area (Å²) in [4.78, 5) is 0.194. The first-order chi connectivity index (χ1) is 8.18. The van der Waals surface area contributed by atoms with Gasteiger partial charge in [-0.3, -0.25) is 5.10 Å². The molecule has 0 spiro atoms. The minimum absolute atomic E-state index is 0.194. The molecule has 1 fully saturated rings. The van der Waals surface area contributed by atoms with Crippen LogP contribution in [0, 0.1) is 5.92 Å². The third-order valence-electron chi connectivity index (χ3n) is 3.03. The third-order valence-corrected chi connectivity index (χ3v) is 4.46. The van der Waals surface area contributed by atoms with Gasteiger partial charge in [-0.15, -0.1) is 0 Å². The highest BCUT2D eigenvalue weighted by Crippen LogP contribution is 2.13. The van der Waals surface area contributed by atoms with E-state index in [1.54, 1.807) is 0 Å². The molecule has 0 amide bonds. The third kappa shape index (κ3) is 3.52. The number of aromatic amines is 1. The summed E-state index contributed by atoms with van der Waals surface area (Å²) in [6.07, 6.45) is 5.93. The van der Waals surface area contributed by atoms with Gasteiger partial charge >= 0.3 is 0 Å². The lowest BCUT2D eigenvalue weighted by molar-refractivity contribution is 0.358. The van der Waals surface area contributed by atoms with Crippen molar-refractivity contribution in [3.63, 3.8) is 0 Å². The van der Waals surface area contributed by atoms with E-state index in [2.05, 4.69) is 20.2 Å². The molecule has 1 atom stereocenters. The van der Waals surface area contributed by atoms with Gasteiger partial charge in [-0.2, -0.15) is 5.10 Å². The molecule has 2 rings (SSSR count). The van der Waals surface area contributed by atoms with Crippen LogP contribution in [0.25, 0.3) is 0 Å². The van der Waals surface area contributed by atoms with Gasteiger partial charge in [0.25, 0.3) is 0 Å². The number of piperidine rings is 1. The maximum absolute atomic E-state index is 11.7. The van der Waals surface area contributed by atoms with Crippen molar-refractivity contribution in [3.8, 4) is 0 Å². The molecule has 2 heterocycles. The number of aromatic nitrogens is 2. The zero-order valence-electron chi connectivity index (χ0n) is 9.65. The lowest BCUT2D eigenvalue weighted by Gasteiger charge is -2.22. The quantitative estimate of drug-likeness (QED) is 0.698. The summed E-state index contributed by atoms with van der Waals surface area (Å²) < 4.78 is 26.1. The van der Waals surface area contributed by atoms with Crippen LogP contribution in [0.1, 0.15) is 19.3 Å². The standard InChI is InChI=1S/C10H18N4O2S/c15-17(16,10-7-12-13-8-10)14-5-3-9-2-1-4-11-6-9/h7-9,11,14H,1-6H2,(H,12,13). The Hall–Kier alpha value is -0.920. The molecule has 6 nitrogen and oxygen atoms in total. The summed E-state index contributed by atoms with van der Waals surface area (Å²) in [7, 11) is -3.38. The molecule has 0 saturated carbocycles. The molecule has 0 radical (unpaired) electrons. The summed E-state index contributed by atoms with van der Waals surface area (Å²) in [6, 6.07) is 0. The van der Waals surface area contributed by atoms with Crippen molar-refractivity contribution in [1.82, 2.24) is 20.2 Å². The first kappa shape index (κ1) is 12.5. The molecule has 0 aliphatic carbocycles. The molecule has 0 aromatic carbocycles. The number of hydrogen-bond acceptors (Lipinski definition) is 4. The summed E-state index contributed by atoms with van der Waals surface area (Å²) in [5.74, 6) is 0.579. The topological polar surface area (TPSA) is 86.9 Å². The van der Waals surface area contributed by atoms with Gasteiger partial charge in [-0.05, 0) is 38.3 Å². The Morgan fingerprint density at radius 1 is 1.53 bits per heavy atom. The Kier molecular flexibility index (Phi) is 4.14. The molecule has 1 aromatic rings. The predicted octanol–water partition coefficient (Wildman–Crippen LogP) is 0.0777. The zero-order valence-corrected chi connectivity index (χ0v) is 10.5. The number of nitrogens with one attached hydrogen (secondary N) is 3. The molecule has 1 unspecified atom stereocenters. The molecule has 0 bridgehead atoms. The predicted molar refractivity (Wildman–Crippen MR) is 64.0 cm³/mol. The van der Waals surface area contributed by atoms with Gasteiger partial charge in [0.15, 0.2) is 0 Å². The second kappa shape index (κ2) is 5.61. The highest BCUT2D eigenvalue weighted by atomic mass is 32.2. The minimum atomic E-state index is -3.38. The van der Waals surface area contributed by atoms with Crippen LogP contribution in [0.2, 0.25) is 0 Å². The average Bonchev–Trinajstić information content (AvgIpc) is 2.84. The Morgan fingerprint density at radius 3 is 3.06 bits per heavy atom. The maximum Gasteiger partial charge on any atom is 0.243 e. The van der Waals surface area contributed by atoms with Gasteiger partial charge in [-0.1, -0.05) is 0 Å². The molecule has 1 aromatic heterocycles. The summed E-state index contributed by atoms with van der Waals surface area (Å²) in [5, 5.41) is 9.45. The van der Waals surface area contributed by atoms with Crippen LogP contribution in [0.3, 0.4) is 0 Å². The number of rotatable bonds is 5. The van der Waals surface area contributed by atoms with Crippen molar-refractivity contribution in [2.75, 3.05) is 19.6 Å². The molecule has 17 heavy (non-hydrogen) atoms. The molecule has 1 saturated heterocycles. The Balaban J connectivity index is 1.78. The molecule has 1 aliphatic heterocycles. The summed E-state index contributed by atoms with van der Waals surface area (Å²) in [6.45, 7) is 2.56. The van der Waals surface area contributed by atoms with Crippen LogP contribution in [0.15, 0.2) is 17.3 Å². The number of nitrogens with zero attached hydrogens (tertiary/aromatic N) is 1. The van der Waals surface area contributed by atoms with E-state index in [4.69, 9.17) is 0 Å². The molecular weight excluding hydrogens is 240 g/mol. The molecular formula is C10H18N4O2S. The van der Waals surface area contributed by atoms with E-state index < -0.39 is 10.0 Å².